The van der Waals surface area contributed by atoms with Crippen molar-refractivity contribution in [3.05, 3.63) is 30.5 Å². The van der Waals surface area contributed by atoms with Crippen LogP contribution in [0, 0.1) is 0 Å². The highest BCUT2D eigenvalue weighted by Crippen LogP contribution is 2.18. The molecule has 0 atom stereocenters. The predicted octanol–water partition coefficient (Wildman–Crippen LogP) is 2.00. The number of nitrogens with zero attached hydrogens (tertiary/aromatic N) is 4. The highest BCUT2D eigenvalue weighted by atomic mass is 16.5. The van der Waals surface area contributed by atoms with E-state index in [2.05, 4.69) is 15.2 Å². The molecule has 94 valence electrons. The van der Waals surface area contributed by atoms with Gasteiger partial charge in [0, 0.05) is 31.9 Å². The second kappa shape index (κ2) is 5.44. The zero-order valence-electron chi connectivity index (χ0n) is 10.8. The van der Waals surface area contributed by atoms with Gasteiger partial charge in [0.1, 0.15) is 5.82 Å². The Kier molecular flexibility index (Phi) is 3.72. The zero-order valence-corrected chi connectivity index (χ0v) is 10.8. The van der Waals surface area contributed by atoms with E-state index in [-0.39, 0.29) is 0 Å². The molecule has 0 bridgehead atoms. The summed E-state index contributed by atoms with van der Waals surface area (Å²) in [5, 5.41) is 8.11. The predicted molar refractivity (Wildman–Crippen MR) is 70.8 cm³/mol. The average molecular weight is 244 g/mol. The average Bonchev–Trinajstić information content (AvgIpc) is 2.40. The van der Waals surface area contributed by atoms with Gasteiger partial charge in [0.15, 0.2) is 0 Å². The van der Waals surface area contributed by atoms with Crippen molar-refractivity contribution in [3.63, 3.8) is 0 Å². The molecule has 18 heavy (non-hydrogen) atoms. The SMILES string of the molecule is CCOc1ccc(-c2ccc(N(C)C)nc2)nn1. The maximum atomic E-state index is 5.25. The molecule has 5 nitrogen and oxygen atoms in total. The molecule has 0 unspecified atom stereocenters. The molecule has 0 saturated heterocycles. The lowest BCUT2D eigenvalue weighted by Gasteiger charge is -2.10. The molecular formula is C13H16N4O. The standard InChI is InChI=1S/C13H16N4O/c1-4-18-13-8-6-11(15-16-13)10-5-7-12(14-9-10)17(2)3/h5-9H,4H2,1-3H3. The molecule has 0 aliphatic rings. The van der Waals surface area contributed by atoms with Gasteiger partial charge in [-0.3, -0.25) is 0 Å². The van der Waals surface area contributed by atoms with Crippen molar-refractivity contribution < 1.29 is 4.74 Å². The summed E-state index contributed by atoms with van der Waals surface area (Å²) in [7, 11) is 3.91. The quantitative estimate of drug-likeness (QED) is 0.823. The van der Waals surface area contributed by atoms with Crippen LogP contribution in [0.1, 0.15) is 6.92 Å². The van der Waals surface area contributed by atoms with E-state index >= 15 is 0 Å². The first-order valence-corrected chi connectivity index (χ1v) is 5.81. The number of aromatic nitrogens is 3. The van der Waals surface area contributed by atoms with Gasteiger partial charge >= 0.3 is 0 Å². The summed E-state index contributed by atoms with van der Waals surface area (Å²) < 4.78 is 5.25. The lowest BCUT2D eigenvalue weighted by Crippen LogP contribution is -2.10. The molecule has 2 heterocycles. The van der Waals surface area contributed by atoms with Crippen molar-refractivity contribution in [3.8, 4) is 17.1 Å². The minimum Gasteiger partial charge on any atom is -0.477 e. The molecular weight excluding hydrogens is 228 g/mol. The van der Waals surface area contributed by atoms with E-state index in [9.17, 15) is 0 Å². The van der Waals surface area contributed by atoms with E-state index < -0.39 is 0 Å². The van der Waals surface area contributed by atoms with Crippen molar-refractivity contribution >= 4 is 5.82 Å². The van der Waals surface area contributed by atoms with Crippen LogP contribution in [0.25, 0.3) is 11.3 Å². The highest BCUT2D eigenvalue weighted by Gasteiger charge is 2.03. The molecule has 2 rings (SSSR count). The Bertz CT molecular complexity index is 493. The topological polar surface area (TPSA) is 51.1 Å². The van der Waals surface area contributed by atoms with Gasteiger partial charge in [0.05, 0.1) is 12.3 Å². The minimum atomic E-state index is 0.541. The van der Waals surface area contributed by atoms with Crippen molar-refractivity contribution in [2.45, 2.75) is 6.92 Å². The van der Waals surface area contributed by atoms with Gasteiger partial charge in [-0.1, -0.05) is 0 Å². The third-order valence-corrected chi connectivity index (χ3v) is 2.43. The fourth-order valence-electron chi connectivity index (χ4n) is 1.50. The van der Waals surface area contributed by atoms with Crippen LogP contribution in [-0.2, 0) is 0 Å². The Morgan fingerprint density at radius 1 is 1.11 bits per heavy atom. The third-order valence-electron chi connectivity index (χ3n) is 2.43. The zero-order chi connectivity index (χ0) is 13.0. The maximum Gasteiger partial charge on any atom is 0.233 e. The Morgan fingerprint density at radius 3 is 2.44 bits per heavy atom. The van der Waals surface area contributed by atoms with Crippen LogP contribution in [-0.4, -0.2) is 35.9 Å². The monoisotopic (exact) mass is 244 g/mol. The molecule has 0 spiro atoms. The first-order chi connectivity index (χ1) is 8.70. The Balaban J connectivity index is 2.20. The van der Waals surface area contributed by atoms with Crippen LogP contribution in [0.15, 0.2) is 30.5 Å². The fourth-order valence-corrected chi connectivity index (χ4v) is 1.50. The van der Waals surface area contributed by atoms with Gasteiger partial charge in [-0.05, 0) is 25.1 Å². The second-order valence-corrected chi connectivity index (χ2v) is 3.99. The molecule has 2 aromatic rings. The Labute approximate surface area is 106 Å². The molecule has 0 amide bonds. The second-order valence-electron chi connectivity index (χ2n) is 3.99. The highest BCUT2D eigenvalue weighted by molar-refractivity contribution is 5.59. The molecule has 0 saturated carbocycles. The summed E-state index contributed by atoms with van der Waals surface area (Å²) in [6, 6.07) is 7.62. The molecule has 0 fully saturated rings. The number of ether oxygens (including phenoxy) is 1. The molecule has 0 radical (unpaired) electrons. The first-order valence-electron chi connectivity index (χ1n) is 5.81. The molecule has 0 aliphatic carbocycles. The van der Waals surface area contributed by atoms with Crippen molar-refractivity contribution in [1.82, 2.24) is 15.2 Å². The molecule has 0 aromatic carbocycles. The Morgan fingerprint density at radius 2 is 1.94 bits per heavy atom. The molecule has 5 heteroatoms. The van der Waals surface area contributed by atoms with Gasteiger partial charge in [-0.2, -0.15) is 0 Å². The van der Waals surface area contributed by atoms with Gasteiger partial charge in [-0.25, -0.2) is 4.98 Å². The lowest BCUT2D eigenvalue weighted by atomic mass is 10.2. The van der Waals surface area contributed by atoms with Gasteiger partial charge < -0.3 is 9.64 Å². The largest absolute Gasteiger partial charge is 0.477 e. The van der Waals surface area contributed by atoms with Crippen LogP contribution in [0.3, 0.4) is 0 Å². The number of anilines is 1. The van der Waals surface area contributed by atoms with Gasteiger partial charge in [0.25, 0.3) is 0 Å². The summed E-state index contributed by atoms with van der Waals surface area (Å²) >= 11 is 0. The van der Waals surface area contributed by atoms with Crippen LogP contribution in [0.5, 0.6) is 5.88 Å². The van der Waals surface area contributed by atoms with E-state index in [4.69, 9.17) is 4.74 Å². The normalized spacial score (nSPS) is 10.2. The lowest BCUT2D eigenvalue weighted by molar-refractivity contribution is 0.323. The number of hydrogen-bond acceptors (Lipinski definition) is 5. The van der Waals surface area contributed by atoms with Crippen LogP contribution < -0.4 is 9.64 Å². The van der Waals surface area contributed by atoms with E-state index in [0.717, 1.165) is 17.1 Å². The van der Waals surface area contributed by atoms with E-state index in [0.29, 0.717) is 12.5 Å². The minimum absolute atomic E-state index is 0.541. The number of rotatable bonds is 4. The van der Waals surface area contributed by atoms with E-state index in [1.54, 1.807) is 6.20 Å². The van der Waals surface area contributed by atoms with Crippen molar-refractivity contribution in [1.29, 1.82) is 0 Å². The van der Waals surface area contributed by atoms with Crippen LogP contribution in [0.2, 0.25) is 0 Å². The third kappa shape index (κ3) is 2.74. The molecule has 0 N–H and O–H groups in total. The summed E-state index contributed by atoms with van der Waals surface area (Å²) in [6.07, 6.45) is 1.79. The fraction of sp³-hybridized carbons (Fsp3) is 0.308. The maximum absolute atomic E-state index is 5.25. The van der Waals surface area contributed by atoms with Gasteiger partial charge in [0.2, 0.25) is 5.88 Å². The number of hydrogen-bond donors (Lipinski definition) is 0. The molecule has 2 aromatic heterocycles. The summed E-state index contributed by atoms with van der Waals surface area (Å²) in [5.74, 6) is 1.46. The van der Waals surface area contributed by atoms with Crippen LogP contribution in [0.4, 0.5) is 5.82 Å². The Hall–Kier alpha value is -2.17. The van der Waals surface area contributed by atoms with Crippen molar-refractivity contribution in [2.24, 2.45) is 0 Å². The summed E-state index contributed by atoms with van der Waals surface area (Å²) in [6.45, 7) is 2.51. The molecule has 0 aliphatic heterocycles. The van der Waals surface area contributed by atoms with Crippen molar-refractivity contribution in [2.75, 3.05) is 25.6 Å². The summed E-state index contributed by atoms with van der Waals surface area (Å²) in [4.78, 5) is 6.29. The smallest absolute Gasteiger partial charge is 0.233 e. The van der Waals surface area contributed by atoms with E-state index in [1.165, 1.54) is 0 Å². The van der Waals surface area contributed by atoms with Gasteiger partial charge in [-0.15, -0.1) is 10.2 Å². The van der Waals surface area contributed by atoms with Crippen LogP contribution >= 0.6 is 0 Å². The van der Waals surface area contributed by atoms with E-state index in [1.807, 2.05) is 50.2 Å². The summed E-state index contributed by atoms with van der Waals surface area (Å²) in [5.41, 5.74) is 1.73. The number of pyridine rings is 1. The first kappa shape index (κ1) is 12.3.